The summed E-state index contributed by atoms with van der Waals surface area (Å²) in [7, 11) is 3.42. The lowest BCUT2D eigenvalue weighted by Crippen LogP contribution is -2.46. The van der Waals surface area contributed by atoms with E-state index in [-0.39, 0.29) is 18.4 Å². The second-order valence-corrected chi connectivity index (χ2v) is 5.10. The summed E-state index contributed by atoms with van der Waals surface area (Å²) in [6.07, 6.45) is 2.74. The molecule has 1 atom stereocenters. The first-order valence-corrected chi connectivity index (χ1v) is 6.75. The molecule has 1 fully saturated rings. The maximum Gasteiger partial charge on any atom is 0.319 e. The molecule has 0 spiro atoms. The summed E-state index contributed by atoms with van der Waals surface area (Å²) in [5.74, 6) is -0.699. The number of nitrogens with zero attached hydrogens (tertiary/aromatic N) is 2. The van der Waals surface area contributed by atoms with Gasteiger partial charge in [-0.05, 0) is 25.2 Å². The first-order valence-electron chi connectivity index (χ1n) is 6.75. The van der Waals surface area contributed by atoms with Crippen molar-refractivity contribution in [1.29, 1.82) is 0 Å². The Bertz CT molecular complexity index is 309. The quantitative estimate of drug-likeness (QED) is 0.739. The average molecular weight is 272 g/mol. The zero-order valence-electron chi connectivity index (χ0n) is 11.8. The number of amides is 2. The van der Waals surface area contributed by atoms with Crippen LogP contribution in [0, 0.1) is 5.92 Å². The molecule has 0 aliphatic carbocycles. The molecule has 1 aliphatic rings. The standard InChI is InChI=1S/C13H24N2O4/c1-14(6-4-8-19-2)13(18)15-7-3-5-11(10-15)9-12(16)17/h11H,3-10H2,1-2H3,(H,16,17). The molecule has 0 aromatic rings. The van der Waals surface area contributed by atoms with Gasteiger partial charge in [-0.25, -0.2) is 4.79 Å². The third-order valence-electron chi connectivity index (χ3n) is 3.42. The fourth-order valence-electron chi connectivity index (χ4n) is 2.44. The van der Waals surface area contributed by atoms with Crippen LogP contribution in [0.15, 0.2) is 0 Å². The molecular formula is C13H24N2O4. The minimum atomic E-state index is -0.784. The summed E-state index contributed by atoms with van der Waals surface area (Å²) in [5, 5.41) is 8.82. The molecular weight excluding hydrogens is 248 g/mol. The predicted octanol–water partition coefficient (Wildman–Crippen LogP) is 1.26. The van der Waals surface area contributed by atoms with E-state index in [0.29, 0.717) is 19.7 Å². The van der Waals surface area contributed by atoms with E-state index in [1.54, 1.807) is 24.0 Å². The van der Waals surface area contributed by atoms with E-state index < -0.39 is 5.97 Å². The number of carbonyl (C=O) groups excluding carboxylic acids is 1. The molecule has 1 aliphatic heterocycles. The maximum absolute atomic E-state index is 12.2. The second-order valence-electron chi connectivity index (χ2n) is 5.10. The van der Waals surface area contributed by atoms with Crippen molar-refractivity contribution in [1.82, 2.24) is 9.80 Å². The van der Waals surface area contributed by atoms with Crippen molar-refractivity contribution in [2.75, 3.05) is 40.4 Å². The van der Waals surface area contributed by atoms with Crippen molar-refractivity contribution >= 4 is 12.0 Å². The second kappa shape index (κ2) is 7.99. The van der Waals surface area contributed by atoms with Gasteiger partial charge in [-0.1, -0.05) is 0 Å². The molecule has 0 aromatic carbocycles. The van der Waals surface area contributed by atoms with Crippen LogP contribution in [0.25, 0.3) is 0 Å². The molecule has 0 aromatic heterocycles. The van der Waals surface area contributed by atoms with Crippen LogP contribution in [0.2, 0.25) is 0 Å². The first kappa shape index (κ1) is 15.8. The van der Waals surface area contributed by atoms with Gasteiger partial charge < -0.3 is 19.6 Å². The zero-order chi connectivity index (χ0) is 14.3. The minimum Gasteiger partial charge on any atom is -0.481 e. The number of ether oxygens (including phenoxy) is 1. The third kappa shape index (κ3) is 5.46. The summed E-state index contributed by atoms with van der Waals surface area (Å²) < 4.78 is 4.96. The van der Waals surface area contributed by atoms with Gasteiger partial charge in [0.2, 0.25) is 0 Å². The summed E-state index contributed by atoms with van der Waals surface area (Å²) in [5.41, 5.74) is 0. The lowest BCUT2D eigenvalue weighted by molar-refractivity contribution is -0.138. The van der Waals surface area contributed by atoms with Crippen LogP contribution in [0.5, 0.6) is 0 Å². The van der Waals surface area contributed by atoms with Gasteiger partial charge in [0.05, 0.1) is 0 Å². The van der Waals surface area contributed by atoms with Gasteiger partial charge in [0.1, 0.15) is 0 Å². The molecule has 1 N–H and O–H groups in total. The Hall–Kier alpha value is -1.30. The highest BCUT2D eigenvalue weighted by Crippen LogP contribution is 2.20. The third-order valence-corrected chi connectivity index (χ3v) is 3.42. The highest BCUT2D eigenvalue weighted by Gasteiger charge is 2.26. The van der Waals surface area contributed by atoms with Crippen LogP contribution >= 0.6 is 0 Å². The minimum absolute atomic E-state index is 0.00816. The van der Waals surface area contributed by atoms with E-state index in [9.17, 15) is 9.59 Å². The van der Waals surface area contributed by atoms with Gasteiger partial charge >= 0.3 is 12.0 Å². The normalized spacial score (nSPS) is 19.3. The van der Waals surface area contributed by atoms with Crippen molar-refractivity contribution in [3.63, 3.8) is 0 Å². The van der Waals surface area contributed by atoms with E-state index in [1.807, 2.05) is 0 Å². The maximum atomic E-state index is 12.2. The smallest absolute Gasteiger partial charge is 0.319 e. The average Bonchev–Trinajstić information content (AvgIpc) is 2.37. The van der Waals surface area contributed by atoms with Gasteiger partial charge in [-0.3, -0.25) is 4.79 Å². The molecule has 110 valence electrons. The van der Waals surface area contributed by atoms with Crippen LogP contribution in [-0.2, 0) is 9.53 Å². The lowest BCUT2D eigenvalue weighted by atomic mass is 9.95. The Morgan fingerprint density at radius 1 is 1.47 bits per heavy atom. The van der Waals surface area contributed by atoms with Crippen LogP contribution in [0.1, 0.15) is 25.7 Å². The zero-order valence-corrected chi connectivity index (χ0v) is 11.8. The van der Waals surface area contributed by atoms with Crippen molar-refractivity contribution < 1.29 is 19.4 Å². The van der Waals surface area contributed by atoms with Crippen molar-refractivity contribution in [2.45, 2.75) is 25.7 Å². The van der Waals surface area contributed by atoms with Crippen LogP contribution < -0.4 is 0 Å². The van der Waals surface area contributed by atoms with Gasteiger partial charge in [0, 0.05) is 46.8 Å². The van der Waals surface area contributed by atoms with Gasteiger partial charge in [-0.2, -0.15) is 0 Å². The number of carboxylic acids is 1. The van der Waals surface area contributed by atoms with E-state index in [4.69, 9.17) is 9.84 Å². The topological polar surface area (TPSA) is 70.1 Å². The Morgan fingerprint density at radius 3 is 2.84 bits per heavy atom. The fraction of sp³-hybridized carbons (Fsp3) is 0.846. The van der Waals surface area contributed by atoms with Gasteiger partial charge in [0.25, 0.3) is 0 Å². The molecule has 1 saturated heterocycles. The van der Waals surface area contributed by atoms with E-state index in [1.165, 1.54) is 0 Å². The molecule has 0 bridgehead atoms. The van der Waals surface area contributed by atoms with E-state index in [2.05, 4.69) is 0 Å². The first-order chi connectivity index (χ1) is 9.04. The number of carbonyl (C=O) groups is 2. The largest absolute Gasteiger partial charge is 0.481 e. The van der Waals surface area contributed by atoms with Crippen molar-refractivity contribution in [3.05, 3.63) is 0 Å². The summed E-state index contributed by atoms with van der Waals surface area (Å²) >= 11 is 0. The number of hydrogen-bond donors (Lipinski definition) is 1. The fourth-order valence-corrected chi connectivity index (χ4v) is 2.44. The SMILES string of the molecule is COCCCN(C)C(=O)N1CCCC(CC(=O)O)C1. The number of rotatable bonds is 6. The summed E-state index contributed by atoms with van der Waals surface area (Å²) in [6.45, 7) is 2.58. The molecule has 2 amide bonds. The summed E-state index contributed by atoms with van der Waals surface area (Å²) in [4.78, 5) is 26.4. The van der Waals surface area contributed by atoms with Crippen LogP contribution in [0.3, 0.4) is 0 Å². The molecule has 6 nitrogen and oxygen atoms in total. The lowest BCUT2D eigenvalue weighted by Gasteiger charge is -2.34. The number of hydrogen-bond acceptors (Lipinski definition) is 3. The molecule has 1 unspecified atom stereocenters. The molecule has 1 heterocycles. The monoisotopic (exact) mass is 272 g/mol. The van der Waals surface area contributed by atoms with Crippen LogP contribution in [0.4, 0.5) is 4.79 Å². The predicted molar refractivity (Wildman–Crippen MR) is 71.1 cm³/mol. The Labute approximate surface area is 114 Å². The summed E-state index contributed by atoms with van der Waals surface area (Å²) in [6, 6.07) is -0.00816. The number of aliphatic carboxylic acids is 1. The Balaban J connectivity index is 2.40. The highest BCUT2D eigenvalue weighted by atomic mass is 16.5. The van der Waals surface area contributed by atoms with E-state index in [0.717, 1.165) is 25.8 Å². The number of methoxy groups -OCH3 is 1. The molecule has 1 rings (SSSR count). The van der Waals surface area contributed by atoms with E-state index >= 15 is 0 Å². The van der Waals surface area contributed by atoms with Gasteiger partial charge in [-0.15, -0.1) is 0 Å². The molecule has 0 saturated carbocycles. The van der Waals surface area contributed by atoms with Crippen molar-refractivity contribution in [2.24, 2.45) is 5.92 Å². The Kier molecular flexibility index (Phi) is 6.62. The number of piperidine rings is 1. The number of urea groups is 1. The van der Waals surface area contributed by atoms with Crippen LogP contribution in [-0.4, -0.2) is 67.3 Å². The Morgan fingerprint density at radius 2 is 2.21 bits per heavy atom. The molecule has 19 heavy (non-hydrogen) atoms. The number of likely N-dealkylation sites (tertiary alicyclic amines) is 1. The van der Waals surface area contributed by atoms with Gasteiger partial charge in [0.15, 0.2) is 0 Å². The molecule has 0 radical (unpaired) electrons. The molecule has 6 heteroatoms. The van der Waals surface area contributed by atoms with Crippen molar-refractivity contribution in [3.8, 4) is 0 Å². The number of carboxylic acid groups (broad SMARTS) is 1. The highest BCUT2D eigenvalue weighted by molar-refractivity contribution is 5.74.